The van der Waals surface area contributed by atoms with Crippen molar-refractivity contribution in [2.24, 2.45) is 0 Å². The van der Waals surface area contributed by atoms with Crippen molar-refractivity contribution in [2.45, 2.75) is 13.5 Å². The zero-order valence-corrected chi connectivity index (χ0v) is 14.3. The van der Waals surface area contributed by atoms with Gasteiger partial charge in [0.2, 0.25) is 6.79 Å². The molecule has 2 aromatic rings. The van der Waals surface area contributed by atoms with Crippen LogP contribution in [0, 0.1) is 6.92 Å². The molecule has 7 heteroatoms. The van der Waals surface area contributed by atoms with Crippen molar-refractivity contribution in [2.75, 3.05) is 12.1 Å². The van der Waals surface area contributed by atoms with Crippen LogP contribution in [0.2, 0.25) is 0 Å². The lowest BCUT2D eigenvalue weighted by molar-refractivity contribution is 0.174. The Morgan fingerprint density at radius 1 is 1.32 bits per heavy atom. The zero-order chi connectivity index (χ0) is 15.5. The van der Waals surface area contributed by atoms with Crippen LogP contribution in [-0.4, -0.2) is 16.9 Å². The van der Waals surface area contributed by atoms with Crippen LogP contribution in [0.1, 0.15) is 11.1 Å². The summed E-state index contributed by atoms with van der Waals surface area (Å²) < 4.78 is 11.6. The van der Waals surface area contributed by atoms with Gasteiger partial charge in [0.1, 0.15) is 5.82 Å². The summed E-state index contributed by atoms with van der Waals surface area (Å²) in [6, 6.07) is 7.80. The number of nitrogens with one attached hydrogen (secondary N) is 2. The molecule has 0 spiro atoms. The van der Waals surface area contributed by atoms with E-state index >= 15 is 0 Å². The summed E-state index contributed by atoms with van der Waals surface area (Å²) in [6.07, 6.45) is 1.73. The lowest BCUT2D eigenvalue weighted by Crippen LogP contribution is -2.28. The molecule has 0 saturated heterocycles. The van der Waals surface area contributed by atoms with Crippen LogP contribution >= 0.6 is 28.1 Å². The first-order valence-electron chi connectivity index (χ1n) is 6.67. The molecule has 0 amide bonds. The van der Waals surface area contributed by atoms with Gasteiger partial charge in [0.15, 0.2) is 16.6 Å². The molecule has 0 aliphatic carbocycles. The van der Waals surface area contributed by atoms with Gasteiger partial charge in [-0.1, -0.05) is 6.07 Å². The average Bonchev–Trinajstić information content (AvgIpc) is 2.95. The molecule has 0 saturated carbocycles. The second kappa shape index (κ2) is 6.50. The van der Waals surface area contributed by atoms with Crippen LogP contribution < -0.4 is 20.1 Å². The van der Waals surface area contributed by atoms with Gasteiger partial charge in [0, 0.05) is 17.2 Å². The number of ether oxygens (including phenoxy) is 2. The highest BCUT2D eigenvalue weighted by Crippen LogP contribution is 2.32. The first-order valence-corrected chi connectivity index (χ1v) is 7.87. The number of pyridine rings is 1. The van der Waals surface area contributed by atoms with E-state index in [1.807, 2.05) is 31.2 Å². The van der Waals surface area contributed by atoms with E-state index < -0.39 is 0 Å². The number of hydrogen-bond acceptors (Lipinski definition) is 4. The fraction of sp³-hybridized carbons (Fsp3) is 0.200. The summed E-state index contributed by atoms with van der Waals surface area (Å²) in [5, 5.41) is 6.77. The normalized spacial score (nSPS) is 12.1. The Labute approximate surface area is 142 Å². The molecule has 114 valence electrons. The van der Waals surface area contributed by atoms with Gasteiger partial charge in [0.05, 0.1) is 0 Å². The minimum atomic E-state index is 0.278. The number of anilines is 1. The van der Waals surface area contributed by atoms with Crippen molar-refractivity contribution in [3.05, 3.63) is 46.1 Å². The van der Waals surface area contributed by atoms with Crippen LogP contribution in [-0.2, 0) is 6.54 Å². The van der Waals surface area contributed by atoms with E-state index in [0.717, 1.165) is 32.9 Å². The SMILES string of the molecule is Cc1cc(Br)cnc1NC(=S)NCc1ccc2c(c1)OCO2. The van der Waals surface area contributed by atoms with Crippen molar-refractivity contribution in [3.63, 3.8) is 0 Å². The first kappa shape index (κ1) is 15.1. The maximum Gasteiger partial charge on any atom is 0.231 e. The van der Waals surface area contributed by atoms with E-state index in [-0.39, 0.29) is 6.79 Å². The summed E-state index contributed by atoms with van der Waals surface area (Å²) in [7, 11) is 0. The summed E-state index contributed by atoms with van der Waals surface area (Å²) in [5.41, 5.74) is 2.08. The Kier molecular flexibility index (Phi) is 4.44. The highest BCUT2D eigenvalue weighted by molar-refractivity contribution is 9.10. The maximum absolute atomic E-state index is 5.36. The molecule has 0 bridgehead atoms. The van der Waals surface area contributed by atoms with E-state index in [1.165, 1.54) is 0 Å². The lowest BCUT2D eigenvalue weighted by atomic mass is 10.2. The second-order valence-corrected chi connectivity index (χ2v) is 6.14. The molecule has 22 heavy (non-hydrogen) atoms. The first-order chi connectivity index (χ1) is 10.6. The molecule has 0 fully saturated rings. The molecule has 0 unspecified atom stereocenters. The molecule has 1 aliphatic rings. The van der Waals surface area contributed by atoms with Crippen molar-refractivity contribution in [3.8, 4) is 11.5 Å². The van der Waals surface area contributed by atoms with E-state index in [2.05, 4.69) is 31.5 Å². The Morgan fingerprint density at radius 2 is 2.14 bits per heavy atom. The van der Waals surface area contributed by atoms with Gasteiger partial charge >= 0.3 is 0 Å². The number of fused-ring (bicyclic) bond motifs is 1. The fourth-order valence-corrected chi connectivity index (χ4v) is 2.67. The molecule has 2 heterocycles. The van der Waals surface area contributed by atoms with Gasteiger partial charge in [-0.05, 0) is 64.4 Å². The van der Waals surface area contributed by atoms with E-state index in [0.29, 0.717) is 11.7 Å². The largest absolute Gasteiger partial charge is 0.454 e. The van der Waals surface area contributed by atoms with E-state index in [1.54, 1.807) is 6.20 Å². The number of aromatic nitrogens is 1. The number of rotatable bonds is 3. The maximum atomic E-state index is 5.36. The molecule has 1 aromatic carbocycles. The highest BCUT2D eigenvalue weighted by Gasteiger charge is 2.13. The standard InChI is InChI=1S/C15H14BrN3O2S/c1-9-4-11(16)7-17-14(9)19-15(22)18-6-10-2-3-12-13(5-10)21-8-20-12/h2-5,7H,6,8H2,1H3,(H2,17,18,19,22). The molecule has 1 aromatic heterocycles. The predicted molar refractivity (Wildman–Crippen MR) is 92.3 cm³/mol. The molecule has 2 N–H and O–H groups in total. The van der Waals surface area contributed by atoms with Gasteiger partial charge < -0.3 is 20.1 Å². The third kappa shape index (κ3) is 3.48. The topological polar surface area (TPSA) is 55.4 Å². The van der Waals surface area contributed by atoms with E-state index in [4.69, 9.17) is 21.7 Å². The molecular formula is C15H14BrN3O2S. The van der Waals surface area contributed by atoms with Gasteiger partial charge in [-0.15, -0.1) is 0 Å². The van der Waals surface area contributed by atoms with Crippen LogP contribution in [0.5, 0.6) is 11.5 Å². The summed E-state index contributed by atoms with van der Waals surface area (Å²) in [6.45, 7) is 2.85. The number of halogens is 1. The average molecular weight is 380 g/mol. The molecule has 0 atom stereocenters. The van der Waals surface area contributed by atoms with Crippen LogP contribution in [0.4, 0.5) is 5.82 Å². The minimum Gasteiger partial charge on any atom is -0.454 e. The van der Waals surface area contributed by atoms with Gasteiger partial charge in [-0.25, -0.2) is 4.98 Å². The Morgan fingerprint density at radius 3 is 2.95 bits per heavy atom. The molecule has 3 rings (SSSR count). The van der Waals surface area contributed by atoms with Gasteiger partial charge in [0.25, 0.3) is 0 Å². The number of nitrogens with zero attached hydrogens (tertiary/aromatic N) is 1. The number of benzene rings is 1. The Hall–Kier alpha value is -1.86. The summed E-state index contributed by atoms with van der Waals surface area (Å²) in [5.74, 6) is 2.29. The minimum absolute atomic E-state index is 0.278. The van der Waals surface area contributed by atoms with Crippen molar-refractivity contribution in [1.82, 2.24) is 10.3 Å². The van der Waals surface area contributed by atoms with Crippen LogP contribution in [0.15, 0.2) is 34.9 Å². The molecule has 5 nitrogen and oxygen atoms in total. The highest BCUT2D eigenvalue weighted by atomic mass is 79.9. The van der Waals surface area contributed by atoms with E-state index in [9.17, 15) is 0 Å². The smallest absolute Gasteiger partial charge is 0.231 e. The van der Waals surface area contributed by atoms with Crippen molar-refractivity contribution in [1.29, 1.82) is 0 Å². The number of aryl methyl sites for hydroxylation is 1. The quantitative estimate of drug-likeness (QED) is 0.797. The second-order valence-electron chi connectivity index (χ2n) is 4.81. The Bertz CT molecular complexity index is 724. The van der Waals surface area contributed by atoms with Crippen LogP contribution in [0.3, 0.4) is 0 Å². The summed E-state index contributed by atoms with van der Waals surface area (Å²) >= 11 is 8.68. The van der Waals surface area contributed by atoms with Gasteiger partial charge in [-0.2, -0.15) is 0 Å². The Balaban J connectivity index is 1.58. The fourth-order valence-electron chi connectivity index (χ4n) is 2.06. The third-order valence-corrected chi connectivity index (χ3v) is 3.85. The molecule has 1 aliphatic heterocycles. The van der Waals surface area contributed by atoms with Gasteiger partial charge in [-0.3, -0.25) is 0 Å². The van der Waals surface area contributed by atoms with Crippen molar-refractivity contribution >= 4 is 39.1 Å². The lowest BCUT2D eigenvalue weighted by Gasteiger charge is -2.12. The summed E-state index contributed by atoms with van der Waals surface area (Å²) in [4.78, 5) is 4.30. The van der Waals surface area contributed by atoms with Crippen LogP contribution in [0.25, 0.3) is 0 Å². The number of hydrogen-bond donors (Lipinski definition) is 2. The monoisotopic (exact) mass is 379 g/mol. The molecular weight excluding hydrogens is 366 g/mol. The predicted octanol–water partition coefficient (Wildman–Crippen LogP) is 3.37. The third-order valence-electron chi connectivity index (χ3n) is 3.17. The zero-order valence-electron chi connectivity index (χ0n) is 11.9. The van der Waals surface area contributed by atoms with Crippen molar-refractivity contribution < 1.29 is 9.47 Å². The number of thiocarbonyl (C=S) groups is 1. The molecule has 0 radical (unpaired) electrons.